The fraction of sp³-hybridized carbons (Fsp3) is 0.846. The molecule has 0 unspecified atom stereocenters. The highest BCUT2D eigenvalue weighted by atomic mass is 16.5. The van der Waals surface area contributed by atoms with Gasteiger partial charge in [-0.15, -0.1) is 0 Å². The topological polar surface area (TPSA) is 60.2 Å². The van der Waals surface area contributed by atoms with Gasteiger partial charge in [-0.05, 0) is 38.1 Å². The second-order valence-corrected chi connectivity index (χ2v) is 5.36. The molecule has 1 saturated heterocycles. The summed E-state index contributed by atoms with van der Waals surface area (Å²) in [6.07, 6.45) is 5.76. The zero-order valence-electron chi connectivity index (χ0n) is 10.7. The minimum Gasteiger partial charge on any atom is -0.381 e. The maximum Gasteiger partial charge on any atom is 0.231 e. The molecule has 1 aliphatic heterocycles. The van der Waals surface area contributed by atoms with E-state index in [-0.39, 0.29) is 0 Å². The Bertz CT molecular complexity index is 370. The van der Waals surface area contributed by atoms with Crippen LogP contribution in [0.2, 0.25) is 0 Å². The number of hydrogen-bond donors (Lipinski definition) is 1. The van der Waals surface area contributed by atoms with E-state index in [1.54, 1.807) is 0 Å². The van der Waals surface area contributed by atoms with Gasteiger partial charge in [-0.2, -0.15) is 4.98 Å². The van der Waals surface area contributed by atoms with Crippen molar-refractivity contribution >= 4 is 0 Å². The highest BCUT2D eigenvalue weighted by Crippen LogP contribution is 2.28. The molecule has 2 aliphatic rings. The van der Waals surface area contributed by atoms with E-state index in [1.165, 1.54) is 19.3 Å². The summed E-state index contributed by atoms with van der Waals surface area (Å²) in [4.78, 5) is 4.47. The van der Waals surface area contributed by atoms with Crippen molar-refractivity contribution in [2.45, 2.75) is 38.0 Å². The van der Waals surface area contributed by atoms with Gasteiger partial charge < -0.3 is 14.6 Å². The number of hydrogen-bond acceptors (Lipinski definition) is 5. The van der Waals surface area contributed by atoms with Crippen LogP contribution in [0.3, 0.4) is 0 Å². The number of piperidine rings is 1. The molecular weight excluding hydrogens is 230 g/mol. The minimum atomic E-state index is 0.396. The normalized spacial score (nSPS) is 24.3. The minimum absolute atomic E-state index is 0.396. The maximum absolute atomic E-state index is 5.58. The van der Waals surface area contributed by atoms with E-state index in [1.807, 2.05) is 0 Å². The summed E-state index contributed by atoms with van der Waals surface area (Å²) >= 11 is 0. The summed E-state index contributed by atoms with van der Waals surface area (Å²) in [6, 6.07) is 0. The number of ether oxygens (including phenoxy) is 1. The average molecular weight is 251 g/mol. The largest absolute Gasteiger partial charge is 0.381 e. The third kappa shape index (κ3) is 3.29. The maximum atomic E-state index is 5.58. The van der Waals surface area contributed by atoms with E-state index >= 15 is 0 Å². The molecular formula is C13H21N3O2. The molecule has 1 atom stereocenters. The van der Waals surface area contributed by atoms with Crippen LogP contribution < -0.4 is 5.32 Å². The van der Waals surface area contributed by atoms with Gasteiger partial charge in [0.1, 0.15) is 0 Å². The molecule has 2 fully saturated rings. The summed E-state index contributed by atoms with van der Waals surface area (Å²) in [5.41, 5.74) is 0. The molecule has 1 aromatic heterocycles. The molecule has 1 N–H and O–H groups in total. The Balaban J connectivity index is 1.43. The summed E-state index contributed by atoms with van der Waals surface area (Å²) in [5, 5.41) is 7.39. The van der Waals surface area contributed by atoms with Crippen LogP contribution in [0.25, 0.3) is 0 Å². The van der Waals surface area contributed by atoms with Gasteiger partial charge >= 0.3 is 0 Å². The van der Waals surface area contributed by atoms with Crippen molar-refractivity contribution in [1.29, 1.82) is 0 Å². The van der Waals surface area contributed by atoms with Crippen molar-refractivity contribution < 1.29 is 9.26 Å². The summed E-state index contributed by atoms with van der Waals surface area (Å²) in [6.45, 7) is 3.67. The number of nitrogens with zero attached hydrogens (tertiary/aromatic N) is 2. The van der Waals surface area contributed by atoms with Crippen molar-refractivity contribution in [2.24, 2.45) is 5.92 Å². The van der Waals surface area contributed by atoms with E-state index in [0.717, 1.165) is 50.2 Å². The van der Waals surface area contributed by atoms with Gasteiger partial charge in [-0.25, -0.2) is 0 Å². The lowest BCUT2D eigenvalue weighted by Gasteiger charge is -2.18. The van der Waals surface area contributed by atoms with Gasteiger partial charge in [0.2, 0.25) is 5.89 Å². The predicted octanol–water partition coefficient (Wildman–Crippen LogP) is 1.51. The zero-order chi connectivity index (χ0) is 12.2. The average Bonchev–Trinajstić information content (AvgIpc) is 3.12. The Kier molecular flexibility index (Phi) is 3.90. The molecule has 0 radical (unpaired) electrons. The molecule has 1 aliphatic carbocycles. The van der Waals surface area contributed by atoms with Crippen molar-refractivity contribution in [3.8, 4) is 0 Å². The molecule has 1 aromatic rings. The molecule has 0 spiro atoms. The van der Waals surface area contributed by atoms with Gasteiger partial charge in [0.05, 0.1) is 12.5 Å². The SMILES string of the molecule is C1CNC[C@H](c2nc(CCOCC3CC3)no2)C1. The quantitative estimate of drug-likeness (QED) is 0.776. The zero-order valence-corrected chi connectivity index (χ0v) is 10.7. The van der Waals surface area contributed by atoms with Crippen LogP contribution in [0.5, 0.6) is 0 Å². The molecule has 3 rings (SSSR count). The fourth-order valence-electron chi connectivity index (χ4n) is 2.30. The predicted molar refractivity (Wildman–Crippen MR) is 66.4 cm³/mol. The molecule has 0 amide bonds. The number of nitrogens with one attached hydrogen (secondary N) is 1. The van der Waals surface area contributed by atoms with Crippen LogP contribution in [0.4, 0.5) is 0 Å². The van der Waals surface area contributed by atoms with Crippen LogP contribution in [0.15, 0.2) is 4.52 Å². The van der Waals surface area contributed by atoms with Crippen LogP contribution in [0.1, 0.15) is 43.3 Å². The van der Waals surface area contributed by atoms with Gasteiger partial charge in [-0.3, -0.25) is 0 Å². The van der Waals surface area contributed by atoms with E-state index in [9.17, 15) is 0 Å². The fourth-order valence-corrected chi connectivity index (χ4v) is 2.30. The van der Waals surface area contributed by atoms with Crippen molar-refractivity contribution in [3.05, 3.63) is 11.7 Å². The van der Waals surface area contributed by atoms with Crippen LogP contribution in [-0.4, -0.2) is 36.4 Å². The Morgan fingerprint density at radius 1 is 1.33 bits per heavy atom. The van der Waals surface area contributed by atoms with Gasteiger partial charge in [0.15, 0.2) is 5.82 Å². The first kappa shape index (κ1) is 12.1. The highest BCUT2D eigenvalue weighted by molar-refractivity contribution is 4.96. The van der Waals surface area contributed by atoms with E-state index < -0.39 is 0 Å². The lowest BCUT2D eigenvalue weighted by atomic mass is 10.00. The molecule has 5 heteroatoms. The van der Waals surface area contributed by atoms with Crippen LogP contribution in [-0.2, 0) is 11.2 Å². The Morgan fingerprint density at radius 3 is 3.06 bits per heavy atom. The molecule has 18 heavy (non-hydrogen) atoms. The lowest BCUT2D eigenvalue weighted by Crippen LogP contribution is -2.28. The van der Waals surface area contributed by atoms with E-state index in [0.29, 0.717) is 12.5 Å². The third-order valence-electron chi connectivity index (χ3n) is 3.65. The van der Waals surface area contributed by atoms with Crippen LogP contribution >= 0.6 is 0 Å². The smallest absolute Gasteiger partial charge is 0.231 e. The first-order valence-corrected chi connectivity index (χ1v) is 7.03. The first-order valence-electron chi connectivity index (χ1n) is 7.03. The summed E-state index contributed by atoms with van der Waals surface area (Å²) in [5.74, 6) is 2.79. The van der Waals surface area contributed by atoms with Crippen molar-refractivity contribution in [2.75, 3.05) is 26.3 Å². The molecule has 0 bridgehead atoms. The lowest BCUT2D eigenvalue weighted by molar-refractivity contribution is 0.125. The molecule has 0 aromatic carbocycles. The van der Waals surface area contributed by atoms with Gasteiger partial charge in [0.25, 0.3) is 0 Å². The molecule has 100 valence electrons. The second kappa shape index (κ2) is 5.80. The summed E-state index contributed by atoms with van der Waals surface area (Å²) < 4.78 is 10.9. The molecule has 2 heterocycles. The Hall–Kier alpha value is -0.940. The monoisotopic (exact) mass is 251 g/mol. The Morgan fingerprint density at radius 2 is 2.28 bits per heavy atom. The standard InChI is InChI=1S/C13H21N3O2/c1-2-11(8-14-6-1)13-15-12(16-18-13)5-7-17-9-10-3-4-10/h10-11,14H,1-9H2/t11-/m1/s1. The van der Waals surface area contributed by atoms with Crippen LogP contribution in [0, 0.1) is 5.92 Å². The van der Waals surface area contributed by atoms with Gasteiger partial charge in [-0.1, -0.05) is 5.16 Å². The Labute approximate surface area is 107 Å². The first-order chi connectivity index (χ1) is 8.92. The summed E-state index contributed by atoms with van der Waals surface area (Å²) in [7, 11) is 0. The number of rotatable bonds is 6. The molecule has 5 nitrogen and oxygen atoms in total. The van der Waals surface area contributed by atoms with Crippen molar-refractivity contribution in [1.82, 2.24) is 15.5 Å². The van der Waals surface area contributed by atoms with E-state index in [4.69, 9.17) is 9.26 Å². The van der Waals surface area contributed by atoms with E-state index in [2.05, 4.69) is 15.5 Å². The third-order valence-corrected chi connectivity index (χ3v) is 3.65. The van der Waals surface area contributed by atoms with Crippen molar-refractivity contribution in [3.63, 3.8) is 0 Å². The molecule has 1 saturated carbocycles. The van der Waals surface area contributed by atoms with Gasteiger partial charge in [0, 0.05) is 19.6 Å². The highest BCUT2D eigenvalue weighted by Gasteiger charge is 2.22. The number of aromatic nitrogens is 2. The second-order valence-electron chi connectivity index (χ2n) is 5.36.